The van der Waals surface area contributed by atoms with Crippen molar-refractivity contribution in [3.8, 4) is 11.1 Å². The third kappa shape index (κ3) is 6.85. The van der Waals surface area contributed by atoms with Crippen molar-refractivity contribution < 1.29 is 23.2 Å². The number of amides is 3. The minimum atomic E-state index is -0.785. The van der Waals surface area contributed by atoms with Crippen molar-refractivity contribution in [2.24, 2.45) is 0 Å². The van der Waals surface area contributed by atoms with Crippen LogP contribution in [0.1, 0.15) is 43.9 Å². The molecular weight excluding hydrogens is 608 g/mol. The minimum absolute atomic E-state index is 0.0263. The quantitative estimate of drug-likeness (QED) is 0.426. The number of hydrogen-bond acceptors (Lipinski definition) is 5. The Labute approximate surface area is 263 Å². The number of rotatable bonds is 7. The summed E-state index contributed by atoms with van der Waals surface area (Å²) in [5, 5.41) is 2.28. The summed E-state index contributed by atoms with van der Waals surface area (Å²) < 4.78 is 30.1. The third-order valence-electron chi connectivity index (χ3n) is 8.53. The van der Waals surface area contributed by atoms with Crippen LogP contribution in [0.25, 0.3) is 11.1 Å². The zero-order chi connectivity index (χ0) is 32.4. The van der Waals surface area contributed by atoms with Crippen molar-refractivity contribution >= 4 is 29.3 Å². The highest BCUT2D eigenvalue weighted by atomic mass is 35.5. The molecule has 1 N–H and O–H groups in total. The van der Waals surface area contributed by atoms with Crippen molar-refractivity contribution in [2.75, 3.05) is 26.2 Å². The van der Waals surface area contributed by atoms with Crippen LogP contribution in [0.2, 0.25) is 5.02 Å². The first-order valence-corrected chi connectivity index (χ1v) is 15.2. The van der Waals surface area contributed by atoms with Gasteiger partial charge in [-0.3, -0.25) is 28.3 Å². The summed E-state index contributed by atoms with van der Waals surface area (Å²) in [6.45, 7) is 3.64. The van der Waals surface area contributed by atoms with E-state index in [-0.39, 0.29) is 65.2 Å². The molecule has 0 bridgehead atoms. The molecule has 0 spiro atoms. The van der Waals surface area contributed by atoms with Crippen molar-refractivity contribution in [3.63, 3.8) is 0 Å². The number of hydrogen-bond donors (Lipinski definition) is 1. The molecule has 3 heterocycles. The lowest BCUT2D eigenvalue weighted by molar-refractivity contribution is -0.136. The van der Waals surface area contributed by atoms with E-state index in [1.807, 2.05) is 4.90 Å². The number of nitrogens with one attached hydrogen (secondary N) is 1. The number of benzene rings is 2. The molecule has 2 aromatic carbocycles. The Morgan fingerprint density at radius 1 is 1.02 bits per heavy atom. The van der Waals surface area contributed by atoms with Crippen LogP contribution in [0.15, 0.2) is 52.2 Å². The maximum atomic E-state index is 14.3. The van der Waals surface area contributed by atoms with Gasteiger partial charge in [-0.2, -0.15) is 0 Å². The SMILES string of the molecule is CC(=O)NC[C@H](C)n1c(=O)c(-c2cccc(F)c2Cl)cn(CC(=O)N2CCC(N3CCc4cc(F)ccc4CC3=O)CC2)c1=O. The fourth-order valence-electron chi connectivity index (χ4n) is 6.09. The molecule has 45 heavy (non-hydrogen) atoms. The van der Waals surface area contributed by atoms with Crippen LogP contribution in [-0.4, -0.2) is 68.9 Å². The van der Waals surface area contributed by atoms with Gasteiger partial charge in [0.15, 0.2) is 0 Å². The first-order valence-electron chi connectivity index (χ1n) is 14.8. The standard InChI is InChI=1S/C32H34ClF2N5O5/c1-19(16-36-20(2)41)40-31(44)26(25-4-3-5-27(35)30(25)33)17-38(32(40)45)18-29(43)37-11-9-24(10-12-37)39-13-8-22-14-23(34)7-6-21(22)15-28(39)42/h3-7,14,17,19,24H,8-13,15-16,18H2,1-2H3,(H,36,41)/t19-/m0/s1. The van der Waals surface area contributed by atoms with Gasteiger partial charge in [0.05, 0.1) is 23.0 Å². The van der Waals surface area contributed by atoms with E-state index in [0.717, 1.165) is 26.3 Å². The average Bonchev–Trinajstić information content (AvgIpc) is 3.17. The fourth-order valence-corrected chi connectivity index (χ4v) is 6.32. The molecule has 3 aromatic rings. The van der Waals surface area contributed by atoms with Gasteiger partial charge in [0, 0.05) is 50.9 Å². The van der Waals surface area contributed by atoms with Gasteiger partial charge < -0.3 is 15.1 Å². The van der Waals surface area contributed by atoms with E-state index in [1.54, 1.807) is 17.9 Å². The zero-order valence-electron chi connectivity index (χ0n) is 25.0. The number of fused-ring (bicyclic) bond motifs is 1. The van der Waals surface area contributed by atoms with Crippen LogP contribution in [-0.2, 0) is 33.8 Å². The number of aromatic nitrogens is 2. The Morgan fingerprint density at radius 2 is 1.76 bits per heavy atom. The number of carbonyl (C=O) groups excluding carboxylic acids is 3. The van der Waals surface area contributed by atoms with E-state index >= 15 is 0 Å². The summed E-state index contributed by atoms with van der Waals surface area (Å²) in [5.74, 6) is -1.82. The number of likely N-dealkylation sites (tertiary alicyclic amines) is 1. The molecule has 1 fully saturated rings. The van der Waals surface area contributed by atoms with E-state index in [4.69, 9.17) is 11.6 Å². The Morgan fingerprint density at radius 3 is 2.47 bits per heavy atom. The highest BCUT2D eigenvalue weighted by Gasteiger charge is 2.32. The molecule has 10 nitrogen and oxygen atoms in total. The number of carbonyl (C=O) groups is 3. The van der Waals surface area contributed by atoms with Gasteiger partial charge in [-0.25, -0.2) is 13.6 Å². The van der Waals surface area contributed by atoms with Gasteiger partial charge in [-0.15, -0.1) is 0 Å². The average molecular weight is 642 g/mol. The molecular formula is C32H34ClF2N5O5. The maximum absolute atomic E-state index is 14.3. The Bertz CT molecular complexity index is 1770. The predicted molar refractivity (Wildman–Crippen MR) is 164 cm³/mol. The van der Waals surface area contributed by atoms with Gasteiger partial charge in [-0.1, -0.05) is 29.8 Å². The lowest BCUT2D eigenvalue weighted by atomic mass is 10.0. The zero-order valence-corrected chi connectivity index (χ0v) is 25.8. The molecule has 0 radical (unpaired) electrons. The largest absolute Gasteiger partial charge is 0.354 e. The molecule has 0 saturated carbocycles. The third-order valence-corrected chi connectivity index (χ3v) is 8.91. The molecule has 238 valence electrons. The van der Waals surface area contributed by atoms with Crippen molar-refractivity contribution in [1.82, 2.24) is 24.3 Å². The molecule has 0 unspecified atom stereocenters. The summed E-state index contributed by atoms with van der Waals surface area (Å²) >= 11 is 6.20. The molecule has 0 aliphatic carbocycles. The summed E-state index contributed by atoms with van der Waals surface area (Å²) in [5.41, 5.74) is 0.159. The van der Waals surface area contributed by atoms with Crippen LogP contribution in [0.5, 0.6) is 0 Å². The highest BCUT2D eigenvalue weighted by Crippen LogP contribution is 2.28. The fraction of sp³-hybridized carbons (Fsp3) is 0.406. The summed E-state index contributed by atoms with van der Waals surface area (Å²) in [6, 6.07) is 7.62. The van der Waals surface area contributed by atoms with Crippen LogP contribution >= 0.6 is 11.6 Å². The number of halogens is 3. The summed E-state index contributed by atoms with van der Waals surface area (Å²) in [6.07, 6.45) is 3.04. The Hall–Kier alpha value is -4.32. The van der Waals surface area contributed by atoms with Crippen LogP contribution < -0.4 is 16.6 Å². The lowest BCUT2D eigenvalue weighted by Crippen LogP contribution is -2.51. The topological polar surface area (TPSA) is 114 Å². The van der Waals surface area contributed by atoms with E-state index in [9.17, 15) is 32.8 Å². The van der Waals surface area contributed by atoms with E-state index in [1.165, 1.54) is 37.4 Å². The van der Waals surface area contributed by atoms with Gasteiger partial charge in [0.2, 0.25) is 17.7 Å². The second kappa shape index (κ2) is 13.4. The van der Waals surface area contributed by atoms with Gasteiger partial charge in [-0.05, 0) is 55.5 Å². The Balaban J connectivity index is 1.34. The summed E-state index contributed by atoms with van der Waals surface area (Å²) in [7, 11) is 0. The Kier molecular flexibility index (Phi) is 9.52. The van der Waals surface area contributed by atoms with Gasteiger partial charge in [0.25, 0.3) is 5.56 Å². The lowest BCUT2D eigenvalue weighted by Gasteiger charge is -2.38. The monoisotopic (exact) mass is 641 g/mol. The highest BCUT2D eigenvalue weighted by molar-refractivity contribution is 6.33. The van der Waals surface area contributed by atoms with Crippen molar-refractivity contribution in [3.05, 3.63) is 91.2 Å². The second-order valence-corrected chi connectivity index (χ2v) is 11.9. The number of nitrogens with zero attached hydrogens (tertiary/aromatic N) is 4. The molecule has 5 rings (SSSR count). The van der Waals surface area contributed by atoms with Crippen LogP contribution in [0, 0.1) is 11.6 Å². The van der Waals surface area contributed by atoms with E-state index in [2.05, 4.69) is 5.32 Å². The summed E-state index contributed by atoms with van der Waals surface area (Å²) in [4.78, 5) is 68.5. The minimum Gasteiger partial charge on any atom is -0.354 e. The second-order valence-electron chi connectivity index (χ2n) is 11.6. The number of piperidine rings is 1. The molecule has 2 aliphatic rings. The molecule has 3 amide bonds. The molecule has 1 saturated heterocycles. The first kappa shape index (κ1) is 32.1. The predicted octanol–water partition coefficient (Wildman–Crippen LogP) is 2.92. The van der Waals surface area contributed by atoms with Crippen molar-refractivity contribution in [2.45, 2.75) is 58.2 Å². The molecule has 13 heteroatoms. The van der Waals surface area contributed by atoms with E-state index < -0.39 is 23.1 Å². The van der Waals surface area contributed by atoms with Crippen molar-refractivity contribution in [1.29, 1.82) is 0 Å². The smallest absolute Gasteiger partial charge is 0.331 e. The first-order chi connectivity index (χ1) is 21.4. The van der Waals surface area contributed by atoms with Crippen LogP contribution in [0.3, 0.4) is 0 Å². The van der Waals surface area contributed by atoms with E-state index in [0.29, 0.717) is 38.9 Å². The molecule has 2 aliphatic heterocycles. The van der Waals surface area contributed by atoms with Gasteiger partial charge >= 0.3 is 5.69 Å². The molecule has 1 aromatic heterocycles. The maximum Gasteiger partial charge on any atom is 0.331 e. The van der Waals surface area contributed by atoms with Crippen LogP contribution in [0.4, 0.5) is 8.78 Å². The normalized spacial score (nSPS) is 16.2. The van der Waals surface area contributed by atoms with Gasteiger partial charge in [0.1, 0.15) is 18.2 Å². The molecule has 1 atom stereocenters.